The number of nitrogens with one attached hydrogen (secondary N) is 2. The Hall–Kier alpha value is -3.55. The molecule has 0 spiro atoms. The van der Waals surface area contributed by atoms with Gasteiger partial charge in [0.2, 0.25) is 5.91 Å². The molecular weight excluding hydrogens is 339 g/mol. The number of aromatic nitrogens is 2. The smallest absolute Gasteiger partial charge is 0.321 e. The van der Waals surface area contributed by atoms with Crippen LogP contribution in [0, 0.1) is 5.82 Å². The molecule has 0 saturated carbocycles. The van der Waals surface area contributed by atoms with E-state index in [2.05, 4.69) is 15.6 Å². The van der Waals surface area contributed by atoms with Crippen LogP contribution in [-0.4, -0.2) is 21.5 Å². The molecule has 0 unspecified atom stereocenters. The molecule has 2 N–H and O–H groups in total. The number of amides is 3. The lowest BCUT2D eigenvalue weighted by molar-refractivity contribution is -0.120. The fraction of sp³-hybridized carbons (Fsp3) is 0.111. The Morgan fingerprint density at radius 3 is 2.65 bits per heavy atom. The number of urea groups is 1. The molecule has 7 nitrogen and oxygen atoms in total. The van der Waals surface area contributed by atoms with Gasteiger partial charge in [0.05, 0.1) is 17.2 Å². The molecule has 132 valence electrons. The molecule has 0 bridgehead atoms. The molecule has 3 rings (SSSR count). The summed E-state index contributed by atoms with van der Waals surface area (Å²) in [7, 11) is 0. The average molecular weight is 354 g/mol. The predicted molar refractivity (Wildman–Crippen MR) is 92.8 cm³/mol. The first-order valence-corrected chi connectivity index (χ1v) is 7.79. The third-order valence-corrected chi connectivity index (χ3v) is 3.65. The molecule has 3 amide bonds. The number of rotatable bonds is 4. The van der Waals surface area contributed by atoms with Crippen LogP contribution in [0.3, 0.4) is 0 Å². The molecule has 1 aromatic heterocycles. The third-order valence-electron chi connectivity index (χ3n) is 3.65. The predicted octanol–water partition coefficient (Wildman–Crippen LogP) is 1.56. The standard InChI is InChI=1S/C18H15FN4O3/c19-13-6-7-14-15(8-13)21-11-23(17(14)25)10-16(24)22-18(26)20-9-12-4-2-1-3-5-12/h1-8,11H,9-10H2,(H2,20,22,24,26). The highest BCUT2D eigenvalue weighted by Crippen LogP contribution is 2.08. The lowest BCUT2D eigenvalue weighted by Crippen LogP contribution is -2.41. The van der Waals surface area contributed by atoms with Crippen molar-refractivity contribution < 1.29 is 14.0 Å². The topological polar surface area (TPSA) is 93.1 Å². The number of carbonyl (C=O) groups excluding carboxylic acids is 2. The Kier molecular flexibility index (Phi) is 5.02. The van der Waals surface area contributed by atoms with Crippen LogP contribution in [0.4, 0.5) is 9.18 Å². The van der Waals surface area contributed by atoms with Crippen LogP contribution in [0.5, 0.6) is 0 Å². The van der Waals surface area contributed by atoms with Gasteiger partial charge in [0.15, 0.2) is 0 Å². The summed E-state index contributed by atoms with van der Waals surface area (Å²) in [4.78, 5) is 40.0. The Bertz CT molecular complexity index is 1020. The van der Waals surface area contributed by atoms with Crippen molar-refractivity contribution in [2.45, 2.75) is 13.1 Å². The fourth-order valence-electron chi connectivity index (χ4n) is 2.39. The van der Waals surface area contributed by atoms with Crippen molar-refractivity contribution in [3.8, 4) is 0 Å². The molecule has 0 aliphatic carbocycles. The van der Waals surface area contributed by atoms with E-state index in [1.165, 1.54) is 6.07 Å². The van der Waals surface area contributed by atoms with Crippen LogP contribution in [0.25, 0.3) is 10.9 Å². The summed E-state index contributed by atoms with van der Waals surface area (Å²) in [5.74, 6) is -1.17. The summed E-state index contributed by atoms with van der Waals surface area (Å²) >= 11 is 0. The number of carbonyl (C=O) groups is 2. The van der Waals surface area contributed by atoms with E-state index in [4.69, 9.17) is 0 Å². The van der Waals surface area contributed by atoms with Crippen LogP contribution in [0.2, 0.25) is 0 Å². The first-order valence-electron chi connectivity index (χ1n) is 7.79. The maximum Gasteiger partial charge on any atom is 0.321 e. The van der Waals surface area contributed by atoms with Gasteiger partial charge >= 0.3 is 6.03 Å². The molecule has 0 saturated heterocycles. The van der Waals surface area contributed by atoms with Crippen molar-refractivity contribution >= 4 is 22.8 Å². The summed E-state index contributed by atoms with van der Waals surface area (Å²) in [5.41, 5.74) is 0.597. The number of nitrogens with zero attached hydrogens (tertiary/aromatic N) is 2. The van der Waals surface area contributed by atoms with E-state index in [0.717, 1.165) is 28.6 Å². The Balaban J connectivity index is 1.62. The number of hydrogen-bond acceptors (Lipinski definition) is 4. The van der Waals surface area contributed by atoms with Crippen molar-refractivity contribution in [1.82, 2.24) is 20.2 Å². The van der Waals surface area contributed by atoms with E-state index in [9.17, 15) is 18.8 Å². The molecule has 26 heavy (non-hydrogen) atoms. The third kappa shape index (κ3) is 4.10. The molecular formula is C18H15FN4O3. The lowest BCUT2D eigenvalue weighted by atomic mass is 10.2. The van der Waals surface area contributed by atoms with Gasteiger partial charge < -0.3 is 5.32 Å². The SMILES string of the molecule is O=C(Cn1cnc2cc(F)ccc2c1=O)NC(=O)NCc1ccccc1. The number of halogens is 1. The molecule has 0 radical (unpaired) electrons. The van der Waals surface area contributed by atoms with Crippen molar-refractivity contribution in [2.75, 3.05) is 0 Å². The lowest BCUT2D eigenvalue weighted by Gasteiger charge is -2.08. The zero-order chi connectivity index (χ0) is 18.5. The maximum absolute atomic E-state index is 13.2. The highest BCUT2D eigenvalue weighted by atomic mass is 19.1. The zero-order valence-corrected chi connectivity index (χ0v) is 13.6. The summed E-state index contributed by atoms with van der Waals surface area (Å²) < 4.78 is 14.2. The van der Waals surface area contributed by atoms with E-state index in [0.29, 0.717) is 0 Å². The van der Waals surface area contributed by atoms with Gasteiger partial charge in [0.1, 0.15) is 12.4 Å². The van der Waals surface area contributed by atoms with Gasteiger partial charge in [-0.05, 0) is 17.7 Å². The van der Waals surface area contributed by atoms with Crippen molar-refractivity contribution in [3.05, 3.63) is 76.6 Å². The molecule has 0 fully saturated rings. The maximum atomic E-state index is 13.2. The Morgan fingerprint density at radius 1 is 1.12 bits per heavy atom. The van der Waals surface area contributed by atoms with Crippen LogP contribution < -0.4 is 16.2 Å². The van der Waals surface area contributed by atoms with E-state index < -0.39 is 23.3 Å². The van der Waals surface area contributed by atoms with E-state index >= 15 is 0 Å². The Morgan fingerprint density at radius 2 is 1.88 bits per heavy atom. The van der Waals surface area contributed by atoms with Crippen LogP contribution >= 0.6 is 0 Å². The highest BCUT2D eigenvalue weighted by molar-refractivity contribution is 5.94. The fourth-order valence-corrected chi connectivity index (χ4v) is 2.39. The minimum Gasteiger partial charge on any atom is -0.334 e. The van der Waals surface area contributed by atoms with Gasteiger partial charge in [-0.25, -0.2) is 14.2 Å². The van der Waals surface area contributed by atoms with Crippen molar-refractivity contribution in [1.29, 1.82) is 0 Å². The van der Waals surface area contributed by atoms with Gasteiger partial charge in [-0.2, -0.15) is 0 Å². The second-order valence-corrected chi connectivity index (χ2v) is 5.56. The second-order valence-electron chi connectivity index (χ2n) is 5.56. The summed E-state index contributed by atoms with van der Waals surface area (Å²) in [5, 5.41) is 4.89. The van der Waals surface area contributed by atoms with Crippen LogP contribution in [-0.2, 0) is 17.9 Å². The molecule has 1 heterocycles. The first kappa shape index (κ1) is 17.3. The summed E-state index contributed by atoms with van der Waals surface area (Å²) in [6.45, 7) is -0.110. The minimum absolute atomic E-state index is 0.190. The molecule has 0 atom stereocenters. The van der Waals surface area contributed by atoms with Crippen LogP contribution in [0.15, 0.2) is 59.7 Å². The molecule has 2 aromatic carbocycles. The Labute approximate surface area is 147 Å². The second kappa shape index (κ2) is 7.56. The van der Waals surface area contributed by atoms with Gasteiger partial charge in [-0.3, -0.25) is 19.5 Å². The quantitative estimate of drug-likeness (QED) is 0.744. The largest absolute Gasteiger partial charge is 0.334 e. The first-order chi connectivity index (χ1) is 12.5. The normalized spacial score (nSPS) is 10.5. The van der Waals surface area contributed by atoms with E-state index in [1.54, 1.807) is 0 Å². The molecule has 3 aromatic rings. The van der Waals surface area contributed by atoms with Crippen molar-refractivity contribution in [3.63, 3.8) is 0 Å². The number of benzene rings is 2. The molecule has 0 aliphatic rings. The summed E-state index contributed by atoms with van der Waals surface area (Å²) in [6, 6.07) is 12.1. The highest BCUT2D eigenvalue weighted by Gasteiger charge is 2.11. The summed E-state index contributed by atoms with van der Waals surface area (Å²) in [6.07, 6.45) is 1.14. The van der Waals surface area contributed by atoms with E-state index in [1.807, 2.05) is 30.3 Å². The number of hydrogen-bond donors (Lipinski definition) is 2. The van der Waals surface area contributed by atoms with Gasteiger partial charge in [-0.1, -0.05) is 30.3 Å². The average Bonchev–Trinajstić information content (AvgIpc) is 2.63. The molecule has 0 aliphatic heterocycles. The zero-order valence-electron chi connectivity index (χ0n) is 13.6. The van der Waals surface area contributed by atoms with Gasteiger partial charge in [0, 0.05) is 12.6 Å². The number of fused-ring (bicyclic) bond motifs is 1. The van der Waals surface area contributed by atoms with Crippen molar-refractivity contribution in [2.24, 2.45) is 0 Å². The van der Waals surface area contributed by atoms with Gasteiger partial charge in [-0.15, -0.1) is 0 Å². The molecule has 8 heteroatoms. The monoisotopic (exact) mass is 354 g/mol. The van der Waals surface area contributed by atoms with Gasteiger partial charge in [0.25, 0.3) is 5.56 Å². The van der Waals surface area contributed by atoms with E-state index in [-0.39, 0.29) is 24.0 Å². The minimum atomic E-state index is -0.666. The van der Waals surface area contributed by atoms with Crippen LogP contribution in [0.1, 0.15) is 5.56 Å². The number of imide groups is 1.